The van der Waals surface area contributed by atoms with Crippen molar-refractivity contribution < 1.29 is 33.4 Å². The zero-order valence-electron chi connectivity index (χ0n) is 26.6. The molecule has 1 saturated heterocycles. The highest BCUT2D eigenvalue weighted by Gasteiger charge is 2.48. The number of amides is 4. The summed E-state index contributed by atoms with van der Waals surface area (Å²) in [7, 11) is 0. The Morgan fingerprint density at radius 3 is 2.22 bits per heavy atom. The van der Waals surface area contributed by atoms with Gasteiger partial charge in [-0.1, -0.05) is 77.8 Å². The number of hydrogen-bond acceptors (Lipinski definition) is 7. The number of carbonyl (C=O) groups excluding carboxylic acids is 5. The van der Waals surface area contributed by atoms with Crippen LogP contribution in [0.5, 0.6) is 11.5 Å². The average Bonchev–Trinajstić information content (AvgIpc) is 3.61. The Hall–Kier alpha value is -4.47. The number of nitrogens with one attached hydrogen (secondary N) is 3. The van der Waals surface area contributed by atoms with Gasteiger partial charge in [-0.15, -0.1) is 0 Å². The van der Waals surface area contributed by atoms with E-state index in [0.717, 1.165) is 16.7 Å². The van der Waals surface area contributed by atoms with Crippen molar-refractivity contribution in [3.05, 3.63) is 65.2 Å². The van der Waals surface area contributed by atoms with Crippen molar-refractivity contribution in [2.75, 3.05) is 6.79 Å². The van der Waals surface area contributed by atoms with E-state index >= 15 is 0 Å². The fourth-order valence-corrected chi connectivity index (χ4v) is 5.94. The molecule has 2 unspecified atom stereocenters. The summed E-state index contributed by atoms with van der Waals surface area (Å²) in [6.45, 7) is 9.91. The molecule has 240 valence electrons. The third-order valence-corrected chi connectivity index (χ3v) is 8.69. The summed E-state index contributed by atoms with van der Waals surface area (Å²) < 4.78 is 10.8. The van der Waals surface area contributed by atoms with Gasteiger partial charge >= 0.3 is 0 Å². The van der Waals surface area contributed by atoms with Gasteiger partial charge in [-0.05, 0) is 53.2 Å². The summed E-state index contributed by atoms with van der Waals surface area (Å²) in [5.41, 5.74) is 2.60. The molecule has 2 heterocycles. The largest absolute Gasteiger partial charge is 0.454 e. The van der Waals surface area contributed by atoms with E-state index in [-0.39, 0.29) is 19.1 Å². The van der Waals surface area contributed by atoms with Crippen molar-refractivity contribution in [3.8, 4) is 11.5 Å². The van der Waals surface area contributed by atoms with Gasteiger partial charge in [0.15, 0.2) is 17.3 Å². The smallest absolute Gasteiger partial charge is 0.244 e. The number of benzene rings is 2. The molecular formula is C35H43N3O7. The maximum Gasteiger partial charge on any atom is 0.244 e. The van der Waals surface area contributed by atoms with Gasteiger partial charge in [0.05, 0.1) is 24.4 Å². The molecule has 2 aromatic rings. The SMILES string of the molecule is CCC(CC)C(NC(=O)CC(NC(=O)/C=C/c1ccc2c(c1)OCO2)c1ccc(C(C)C)cc1)C(=O)[C@@H]1C(=O)NC(=O)[C@H]1CC. The van der Waals surface area contributed by atoms with Crippen LogP contribution in [0.25, 0.3) is 6.08 Å². The minimum atomic E-state index is -1.14. The summed E-state index contributed by atoms with van der Waals surface area (Å²) in [5.74, 6) is -2.98. The first-order valence-electron chi connectivity index (χ1n) is 15.7. The normalized spacial score (nSPS) is 18.7. The van der Waals surface area contributed by atoms with Crippen LogP contribution in [-0.2, 0) is 24.0 Å². The Morgan fingerprint density at radius 2 is 1.58 bits per heavy atom. The number of fused-ring (bicyclic) bond motifs is 1. The molecule has 2 aliphatic heterocycles. The third kappa shape index (κ3) is 7.98. The lowest BCUT2D eigenvalue weighted by Crippen LogP contribution is -2.50. The minimum Gasteiger partial charge on any atom is -0.454 e. The second kappa shape index (κ2) is 15.0. The van der Waals surface area contributed by atoms with E-state index in [1.165, 1.54) is 6.08 Å². The first kappa shape index (κ1) is 33.4. The predicted octanol–water partition coefficient (Wildman–Crippen LogP) is 4.59. The van der Waals surface area contributed by atoms with Crippen LogP contribution in [0.15, 0.2) is 48.5 Å². The molecule has 10 heteroatoms. The van der Waals surface area contributed by atoms with E-state index in [1.807, 2.05) is 44.2 Å². The number of ether oxygens (including phenoxy) is 2. The second-order valence-corrected chi connectivity index (χ2v) is 11.9. The van der Waals surface area contributed by atoms with E-state index in [1.54, 1.807) is 25.1 Å². The predicted molar refractivity (Wildman–Crippen MR) is 169 cm³/mol. The van der Waals surface area contributed by atoms with Crippen molar-refractivity contribution in [1.82, 2.24) is 16.0 Å². The Morgan fingerprint density at radius 1 is 0.911 bits per heavy atom. The van der Waals surface area contributed by atoms with Crippen LogP contribution < -0.4 is 25.4 Å². The van der Waals surface area contributed by atoms with Gasteiger partial charge in [-0.2, -0.15) is 0 Å². The van der Waals surface area contributed by atoms with E-state index < -0.39 is 53.3 Å². The van der Waals surface area contributed by atoms with Crippen molar-refractivity contribution in [1.29, 1.82) is 0 Å². The number of ketones is 1. The second-order valence-electron chi connectivity index (χ2n) is 11.9. The van der Waals surface area contributed by atoms with E-state index in [0.29, 0.717) is 36.7 Å². The van der Waals surface area contributed by atoms with Crippen LogP contribution in [-0.4, -0.2) is 42.2 Å². The Bertz CT molecular complexity index is 1450. The number of hydrogen-bond donors (Lipinski definition) is 3. The first-order valence-corrected chi connectivity index (χ1v) is 15.7. The Kier molecular flexibility index (Phi) is 11.1. The van der Waals surface area contributed by atoms with Crippen LogP contribution in [0.1, 0.15) is 89.0 Å². The number of Topliss-reactive ketones (excluding diaryl/α,β-unsaturated/α-hetero) is 1. The molecule has 4 rings (SSSR count). The molecule has 3 N–H and O–H groups in total. The molecule has 0 aliphatic carbocycles. The topological polar surface area (TPSA) is 140 Å². The van der Waals surface area contributed by atoms with Crippen LogP contribution in [0, 0.1) is 17.8 Å². The summed E-state index contributed by atoms with van der Waals surface area (Å²) in [5, 5.41) is 8.11. The summed E-state index contributed by atoms with van der Waals surface area (Å²) in [4.78, 5) is 65.4. The quantitative estimate of drug-likeness (QED) is 0.160. The lowest BCUT2D eigenvalue weighted by atomic mass is 9.80. The maximum absolute atomic E-state index is 13.8. The molecule has 0 spiro atoms. The maximum atomic E-state index is 13.8. The van der Waals surface area contributed by atoms with Gasteiger partial charge in [0.2, 0.25) is 30.4 Å². The van der Waals surface area contributed by atoms with Crippen LogP contribution >= 0.6 is 0 Å². The van der Waals surface area contributed by atoms with Gasteiger partial charge in [-0.3, -0.25) is 29.3 Å². The third-order valence-electron chi connectivity index (χ3n) is 8.69. The van der Waals surface area contributed by atoms with Gasteiger partial charge < -0.3 is 20.1 Å². The van der Waals surface area contributed by atoms with Gasteiger partial charge in [0.1, 0.15) is 5.92 Å². The van der Waals surface area contributed by atoms with Gasteiger partial charge in [0.25, 0.3) is 0 Å². The van der Waals surface area contributed by atoms with Gasteiger partial charge in [-0.25, -0.2) is 0 Å². The number of carbonyl (C=O) groups is 5. The lowest BCUT2D eigenvalue weighted by molar-refractivity contribution is -0.138. The molecule has 10 nitrogen and oxygen atoms in total. The molecule has 0 aromatic heterocycles. The van der Waals surface area contributed by atoms with Crippen molar-refractivity contribution in [2.45, 2.75) is 78.3 Å². The Labute approximate surface area is 264 Å². The first-order chi connectivity index (χ1) is 21.6. The minimum absolute atomic E-state index is 0.137. The van der Waals surface area contributed by atoms with Crippen LogP contribution in [0.3, 0.4) is 0 Å². The highest BCUT2D eigenvalue weighted by atomic mass is 16.7. The summed E-state index contributed by atoms with van der Waals surface area (Å²) >= 11 is 0. The number of imide groups is 1. The fourth-order valence-electron chi connectivity index (χ4n) is 5.94. The summed E-state index contributed by atoms with van der Waals surface area (Å²) in [6.07, 6.45) is 4.42. The molecular weight excluding hydrogens is 574 g/mol. The van der Waals surface area contributed by atoms with Crippen LogP contribution in [0.4, 0.5) is 0 Å². The zero-order chi connectivity index (χ0) is 32.7. The lowest BCUT2D eigenvalue weighted by Gasteiger charge is -2.29. The monoisotopic (exact) mass is 617 g/mol. The molecule has 4 amide bonds. The van der Waals surface area contributed by atoms with Crippen molar-refractivity contribution in [2.24, 2.45) is 17.8 Å². The Balaban J connectivity index is 1.54. The standard InChI is InChI=1S/C35H43N3O7/c1-6-22(7-2)32(33(41)31-25(8-3)34(42)38-35(31)43)37-30(40)18-26(24-13-11-23(12-14-24)20(4)5)36-29(39)16-10-21-9-15-27-28(17-21)45-19-44-27/h9-17,20,22,25-26,31-32H,6-8,18-19H2,1-5H3,(H,36,39)(H,37,40)(H,38,42,43)/b16-10+/t25-,26?,31+,32?/m0/s1. The van der Waals surface area contributed by atoms with Crippen molar-refractivity contribution in [3.63, 3.8) is 0 Å². The molecule has 1 fully saturated rings. The molecule has 0 radical (unpaired) electrons. The highest BCUT2D eigenvalue weighted by molar-refractivity contribution is 6.16. The molecule has 4 atom stereocenters. The fraction of sp³-hybridized carbons (Fsp3) is 0.457. The average molecular weight is 618 g/mol. The molecule has 2 aliphatic rings. The van der Waals surface area contributed by atoms with Crippen LogP contribution in [0.2, 0.25) is 0 Å². The molecule has 0 bridgehead atoms. The van der Waals surface area contributed by atoms with Gasteiger partial charge in [0, 0.05) is 6.08 Å². The highest BCUT2D eigenvalue weighted by Crippen LogP contribution is 2.33. The zero-order valence-corrected chi connectivity index (χ0v) is 26.6. The van der Waals surface area contributed by atoms with E-state index in [2.05, 4.69) is 29.8 Å². The van der Waals surface area contributed by atoms with E-state index in [9.17, 15) is 24.0 Å². The molecule has 2 aromatic carbocycles. The summed E-state index contributed by atoms with van der Waals surface area (Å²) in [6, 6.07) is 11.4. The van der Waals surface area contributed by atoms with Crippen molar-refractivity contribution >= 4 is 35.5 Å². The van der Waals surface area contributed by atoms with E-state index in [4.69, 9.17) is 9.47 Å². The molecule has 0 saturated carbocycles. The number of rotatable bonds is 14. The molecule has 45 heavy (non-hydrogen) atoms.